The molecule has 1 fully saturated rings. The molecular weight excluding hydrogens is 404 g/mol. The smallest absolute Gasteiger partial charge is 0.294 e. The highest BCUT2D eigenvalue weighted by atomic mass is 32.2. The number of ether oxygens (including phenoxy) is 2. The summed E-state index contributed by atoms with van der Waals surface area (Å²) in [5.41, 5.74) is 3.45. The Labute approximate surface area is 179 Å². The number of nitrogens with zero attached hydrogens (tertiary/aromatic N) is 1. The van der Waals surface area contributed by atoms with E-state index >= 15 is 0 Å². The Hall–Kier alpha value is -3.26. The van der Waals surface area contributed by atoms with Crippen LogP contribution in [0.15, 0.2) is 41.3 Å². The lowest BCUT2D eigenvalue weighted by atomic mass is 10.1. The van der Waals surface area contributed by atoms with E-state index in [1.165, 1.54) is 14.2 Å². The van der Waals surface area contributed by atoms with Gasteiger partial charge in [0.1, 0.15) is 6.54 Å². The first-order valence-electron chi connectivity index (χ1n) is 9.17. The maximum atomic E-state index is 12.7. The highest BCUT2D eigenvalue weighted by molar-refractivity contribution is 8.18. The van der Waals surface area contributed by atoms with Gasteiger partial charge in [-0.05, 0) is 72.6 Å². The molecule has 1 aliphatic rings. The average molecular weight is 426 g/mol. The Morgan fingerprint density at radius 1 is 1.03 bits per heavy atom. The molecule has 1 heterocycles. The minimum atomic E-state index is -0.505. The maximum Gasteiger partial charge on any atom is 0.294 e. The molecule has 0 atom stereocenters. The number of rotatable bonds is 6. The third-order valence-electron chi connectivity index (χ3n) is 4.67. The summed E-state index contributed by atoms with van der Waals surface area (Å²) in [5.74, 6) is 0.131. The molecule has 2 aromatic carbocycles. The zero-order valence-corrected chi connectivity index (χ0v) is 18.0. The van der Waals surface area contributed by atoms with E-state index in [9.17, 15) is 14.4 Å². The maximum absolute atomic E-state index is 12.7. The summed E-state index contributed by atoms with van der Waals surface area (Å²) in [6.45, 7) is 3.58. The molecule has 0 aromatic heterocycles. The number of imide groups is 1. The Balaban J connectivity index is 1.72. The van der Waals surface area contributed by atoms with Gasteiger partial charge in [0.15, 0.2) is 11.5 Å². The standard InChI is InChI=1S/C22H22N2O5S/c1-13-5-7-16(9-14(13)2)23-20(25)12-24-21(26)19(30-22(24)27)11-15-6-8-17(28-3)18(10-15)29-4/h5-11H,12H2,1-4H3,(H,23,25)/b19-11-. The predicted molar refractivity (Wildman–Crippen MR) is 117 cm³/mol. The topological polar surface area (TPSA) is 84.9 Å². The van der Waals surface area contributed by atoms with Gasteiger partial charge in [-0.3, -0.25) is 19.3 Å². The first-order valence-corrected chi connectivity index (χ1v) is 9.98. The lowest BCUT2D eigenvalue weighted by molar-refractivity contribution is -0.127. The van der Waals surface area contributed by atoms with Crippen LogP contribution in [0.3, 0.4) is 0 Å². The van der Waals surface area contributed by atoms with Gasteiger partial charge in [-0.25, -0.2) is 0 Å². The zero-order valence-electron chi connectivity index (χ0n) is 17.1. The van der Waals surface area contributed by atoms with Crippen LogP contribution in [-0.4, -0.2) is 42.7 Å². The summed E-state index contributed by atoms with van der Waals surface area (Å²) in [6.07, 6.45) is 1.59. The summed E-state index contributed by atoms with van der Waals surface area (Å²) in [6, 6.07) is 10.7. The van der Waals surface area contributed by atoms with Gasteiger partial charge in [0, 0.05) is 5.69 Å². The van der Waals surface area contributed by atoms with Crippen molar-refractivity contribution in [3.05, 3.63) is 58.0 Å². The average Bonchev–Trinajstić information content (AvgIpc) is 2.98. The molecule has 30 heavy (non-hydrogen) atoms. The molecule has 8 heteroatoms. The van der Waals surface area contributed by atoms with E-state index < -0.39 is 17.1 Å². The van der Waals surface area contributed by atoms with E-state index in [1.807, 2.05) is 26.0 Å². The van der Waals surface area contributed by atoms with Crippen LogP contribution in [0.25, 0.3) is 6.08 Å². The van der Waals surface area contributed by atoms with Gasteiger partial charge in [-0.2, -0.15) is 0 Å². The number of nitrogens with one attached hydrogen (secondary N) is 1. The molecule has 1 saturated heterocycles. The van der Waals surface area contributed by atoms with E-state index in [1.54, 1.807) is 30.3 Å². The minimum Gasteiger partial charge on any atom is -0.493 e. The molecule has 7 nitrogen and oxygen atoms in total. The van der Waals surface area contributed by atoms with E-state index in [-0.39, 0.29) is 11.4 Å². The third kappa shape index (κ3) is 4.65. The molecule has 1 aliphatic heterocycles. The molecule has 156 valence electrons. The number of amides is 3. The second kappa shape index (κ2) is 9.04. The van der Waals surface area contributed by atoms with Crippen LogP contribution in [0.2, 0.25) is 0 Å². The van der Waals surface area contributed by atoms with E-state index in [2.05, 4.69) is 5.32 Å². The molecule has 1 N–H and O–H groups in total. The summed E-state index contributed by atoms with van der Waals surface area (Å²) in [5, 5.41) is 2.24. The summed E-state index contributed by atoms with van der Waals surface area (Å²) in [7, 11) is 3.05. The number of carbonyl (C=O) groups is 3. The second-order valence-electron chi connectivity index (χ2n) is 6.73. The number of aryl methyl sites for hydroxylation is 2. The molecule has 0 bridgehead atoms. The van der Waals surface area contributed by atoms with Crippen LogP contribution in [0.4, 0.5) is 10.5 Å². The molecule has 0 spiro atoms. The van der Waals surface area contributed by atoms with E-state index in [0.717, 1.165) is 27.8 Å². The van der Waals surface area contributed by atoms with Gasteiger partial charge in [0.25, 0.3) is 11.1 Å². The fourth-order valence-corrected chi connectivity index (χ4v) is 3.73. The number of hydrogen-bond acceptors (Lipinski definition) is 6. The minimum absolute atomic E-state index is 0.242. The highest BCUT2D eigenvalue weighted by Gasteiger charge is 2.36. The Kier molecular flexibility index (Phi) is 6.47. The first-order chi connectivity index (χ1) is 14.3. The summed E-state index contributed by atoms with van der Waals surface area (Å²) < 4.78 is 10.5. The van der Waals surface area contributed by atoms with Crippen molar-refractivity contribution in [2.75, 3.05) is 26.1 Å². The van der Waals surface area contributed by atoms with Gasteiger partial charge in [0.05, 0.1) is 19.1 Å². The number of carbonyl (C=O) groups excluding carboxylic acids is 3. The Morgan fingerprint density at radius 2 is 1.77 bits per heavy atom. The number of hydrogen-bond donors (Lipinski definition) is 1. The van der Waals surface area contributed by atoms with Crippen molar-refractivity contribution in [1.29, 1.82) is 0 Å². The molecule has 2 aromatic rings. The van der Waals surface area contributed by atoms with Crippen molar-refractivity contribution in [3.8, 4) is 11.5 Å². The lowest BCUT2D eigenvalue weighted by Crippen LogP contribution is -2.36. The number of thioether (sulfide) groups is 1. The van der Waals surface area contributed by atoms with Crippen molar-refractivity contribution in [2.45, 2.75) is 13.8 Å². The lowest BCUT2D eigenvalue weighted by Gasteiger charge is -2.13. The monoisotopic (exact) mass is 426 g/mol. The molecular formula is C22H22N2O5S. The van der Waals surface area contributed by atoms with Crippen molar-refractivity contribution < 1.29 is 23.9 Å². The van der Waals surface area contributed by atoms with Crippen molar-refractivity contribution in [3.63, 3.8) is 0 Å². The molecule has 3 amide bonds. The molecule has 0 radical (unpaired) electrons. The zero-order chi connectivity index (χ0) is 21.8. The first kappa shape index (κ1) is 21.4. The normalized spacial score (nSPS) is 14.9. The Morgan fingerprint density at radius 3 is 2.43 bits per heavy atom. The van der Waals surface area contributed by atoms with Crippen LogP contribution in [0.5, 0.6) is 11.5 Å². The predicted octanol–water partition coefficient (Wildman–Crippen LogP) is 4.00. The van der Waals surface area contributed by atoms with E-state index in [4.69, 9.17) is 9.47 Å². The van der Waals surface area contributed by atoms with Crippen LogP contribution in [0.1, 0.15) is 16.7 Å². The quantitative estimate of drug-likeness (QED) is 0.703. The molecule has 0 unspecified atom stereocenters. The third-order valence-corrected chi connectivity index (χ3v) is 5.58. The van der Waals surface area contributed by atoms with Crippen molar-refractivity contribution in [1.82, 2.24) is 4.90 Å². The van der Waals surface area contributed by atoms with Gasteiger partial charge >= 0.3 is 0 Å². The fraction of sp³-hybridized carbons (Fsp3) is 0.227. The number of anilines is 1. The molecule has 0 saturated carbocycles. The molecule has 0 aliphatic carbocycles. The van der Waals surface area contributed by atoms with Crippen molar-refractivity contribution >= 4 is 40.6 Å². The highest BCUT2D eigenvalue weighted by Crippen LogP contribution is 2.34. The van der Waals surface area contributed by atoms with Gasteiger partial charge in [0.2, 0.25) is 5.91 Å². The SMILES string of the molecule is COc1ccc(/C=C2\SC(=O)N(CC(=O)Nc3ccc(C)c(C)c3)C2=O)cc1OC. The Bertz CT molecular complexity index is 1050. The molecule has 3 rings (SSSR count). The van der Waals surface area contributed by atoms with Gasteiger partial charge in [-0.15, -0.1) is 0 Å². The van der Waals surface area contributed by atoms with E-state index in [0.29, 0.717) is 22.7 Å². The largest absolute Gasteiger partial charge is 0.493 e. The number of benzene rings is 2. The van der Waals surface area contributed by atoms with Crippen LogP contribution in [-0.2, 0) is 9.59 Å². The summed E-state index contributed by atoms with van der Waals surface area (Å²) >= 11 is 0.799. The van der Waals surface area contributed by atoms with Crippen LogP contribution < -0.4 is 14.8 Å². The van der Waals surface area contributed by atoms with Crippen LogP contribution in [0, 0.1) is 13.8 Å². The van der Waals surface area contributed by atoms with Gasteiger partial charge < -0.3 is 14.8 Å². The van der Waals surface area contributed by atoms with Gasteiger partial charge in [-0.1, -0.05) is 12.1 Å². The second-order valence-corrected chi connectivity index (χ2v) is 7.72. The fourth-order valence-electron chi connectivity index (χ4n) is 2.89. The number of methoxy groups -OCH3 is 2. The van der Waals surface area contributed by atoms with Crippen molar-refractivity contribution in [2.24, 2.45) is 0 Å². The van der Waals surface area contributed by atoms with Crippen LogP contribution >= 0.6 is 11.8 Å². The summed E-state index contributed by atoms with van der Waals surface area (Å²) in [4.78, 5) is 38.5.